The van der Waals surface area contributed by atoms with Crippen molar-refractivity contribution in [1.29, 1.82) is 0 Å². The van der Waals surface area contributed by atoms with Crippen molar-refractivity contribution in [2.45, 2.75) is 18.9 Å². The van der Waals surface area contributed by atoms with Gasteiger partial charge in [-0.25, -0.2) is 4.79 Å². The van der Waals surface area contributed by atoms with Crippen LogP contribution in [0.5, 0.6) is 17.2 Å². The SMILES string of the molecule is CCC(COC(=O)c1cc(OC)c(OC)c(OC)c1)([NH2+]C)c1ccccc1.NC(=S)c1ccc(C(=O)[O-])cc1. The van der Waals surface area contributed by atoms with E-state index in [0.29, 0.717) is 28.4 Å². The Hall–Kier alpha value is -4.15. The molecule has 0 aliphatic rings. The number of carboxylic acid groups (broad SMARTS) is 1. The number of methoxy groups -OCH3 is 3. The molecule has 0 amide bonds. The fourth-order valence-electron chi connectivity index (χ4n) is 3.86. The number of nitrogens with two attached hydrogens (primary N) is 2. The van der Waals surface area contributed by atoms with Crippen LogP contribution in [0.3, 0.4) is 0 Å². The monoisotopic (exact) mass is 554 g/mol. The Bertz CT molecular complexity index is 1200. The number of aromatic carboxylic acids is 1. The van der Waals surface area contributed by atoms with Crippen LogP contribution in [-0.4, -0.2) is 51.9 Å². The summed E-state index contributed by atoms with van der Waals surface area (Å²) in [4.78, 5) is 23.3. The van der Waals surface area contributed by atoms with E-state index in [1.165, 1.54) is 33.5 Å². The predicted octanol–water partition coefficient (Wildman–Crippen LogP) is 2.05. The second kappa shape index (κ2) is 14.7. The number of hydrogen-bond donors (Lipinski definition) is 2. The molecule has 9 nitrogen and oxygen atoms in total. The number of esters is 1. The Morgan fingerprint density at radius 1 is 0.897 bits per heavy atom. The van der Waals surface area contributed by atoms with Gasteiger partial charge in [0.1, 0.15) is 4.99 Å². The van der Waals surface area contributed by atoms with Crippen molar-refractivity contribution in [2.75, 3.05) is 35.0 Å². The van der Waals surface area contributed by atoms with Crippen molar-refractivity contribution in [3.8, 4) is 17.2 Å². The van der Waals surface area contributed by atoms with E-state index in [1.54, 1.807) is 24.3 Å². The highest BCUT2D eigenvalue weighted by Crippen LogP contribution is 2.38. The lowest BCUT2D eigenvalue weighted by Gasteiger charge is -2.29. The second-order valence-corrected chi connectivity index (χ2v) is 8.82. The van der Waals surface area contributed by atoms with Crippen LogP contribution in [0.25, 0.3) is 0 Å². The zero-order chi connectivity index (χ0) is 29.0. The number of carbonyl (C=O) groups is 2. The second-order valence-electron chi connectivity index (χ2n) is 8.38. The van der Waals surface area contributed by atoms with E-state index in [4.69, 9.17) is 24.7 Å². The van der Waals surface area contributed by atoms with Gasteiger partial charge in [-0.3, -0.25) is 0 Å². The molecule has 0 radical (unpaired) electrons. The summed E-state index contributed by atoms with van der Waals surface area (Å²) in [6.07, 6.45) is 0.816. The van der Waals surface area contributed by atoms with Crippen LogP contribution in [0, 0.1) is 0 Å². The molecule has 0 saturated carbocycles. The van der Waals surface area contributed by atoms with E-state index in [-0.39, 0.29) is 22.7 Å². The summed E-state index contributed by atoms with van der Waals surface area (Å²) in [5.74, 6) is -0.383. The van der Waals surface area contributed by atoms with Gasteiger partial charge >= 0.3 is 5.97 Å². The van der Waals surface area contributed by atoms with Crippen molar-refractivity contribution < 1.29 is 39.0 Å². The summed E-state index contributed by atoms with van der Waals surface area (Å²) in [6, 6.07) is 19.2. The summed E-state index contributed by atoms with van der Waals surface area (Å²) in [6.45, 7) is 2.33. The molecule has 3 rings (SSSR count). The third-order valence-electron chi connectivity index (χ3n) is 6.30. The smallest absolute Gasteiger partial charge is 0.338 e. The van der Waals surface area contributed by atoms with Crippen molar-refractivity contribution >= 4 is 29.1 Å². The van der Waals surface area contributed by atoms with E-state index in [9.17, 15) is 14.7 Å². The maximum Gasteiger partial charge on any atom is 0.338 e. The summed E-state index contributed by atoms with van der Waals surface area (Å²) < 4.78 is 21.6. The molecule has 0 aromatic heterocycles. The van der Waals surface area contributed by atoms with Crippen molar-refractivity contribution in [1.82, 2.24) is 0 Å². The zero-order valence-electron chi connectivity index (χ0n) is 22.7. The predicted molar refractivity (Wildman–Crippen MR) is 149 cm³/mol. The molecule has 1 unspecified atom stereocenters. The van der Waals surface area contributed by atoms with Crippen molar-refractivity contribution in [2.24, 2.45) is 5.73 Å². The number of carboxylic acids is 1. The summed E-state index contributed by atoms with van der Waals surface area (Å²) in [7, 11) is 6.53. The first-order valence-corrected chi connectivity index (χ1v) is 12.5. The molecule has 3 aromatic rings. The van der Waals surface area contributed by atoms with Crippen LogP contribution < -0.4 is 30.4 Å². The summed E-state index contributed by atoms with van der Waals surface area (Å²) in [5.41, 5.74) is 7.21. The fraction of sp³-hybridized carbons (Fsp3) is 0.276. The molecule has 0 saturated heterocycles. The van der Waals surface area contributed by atoms with E-state index in [2.05, 4.69) is 36.6 Å². The van der Waals surface area contributed by atoms with Crippen molar-refractivity contribution in [3.05, 3.63) is 89.0 Å². The van der Waals surface area contributed by atoms with Crippen LogP contribution in [0.2, 0.25) is 0 Å². The highest BCUT2D eigenvalue weighted by atomic mass is 32.1. The lowest BCUT2D eigenvalue weighted by Crippen LogP contribution is -2.92. The topological polar surface area (TPSA) is 137 Å². The van der Waals surface area contributed by atoms with Crippen LogP contribution >= 0.6 is 12.2 Å². The van der Waals surface area contributed by atoms with Gasteiger partial charge in [0.25, 0.3) is 0 Å². The van der Waals surface area contributed by atoms with Gasteiger partial charge in [0.05, 0.1) is 39.9 Å². The Kier molecular flexibility index (Phi) is 11.7. The van der Waals surface area contributed by atoms with Crippen molar-refractivity contribution in [3.63, 3.8) is 0 Å². The molecule has 3 aromatic carbocycles. The van der Waals surface area contributed by atoms with E-state index >= 15 is 0 Å². The summed E-state index contributed by atoms with van der Waals surface area (Å²) >= 11 is 4.69. The zero-order valence-corrected chi connectivity index (χ0v) is 23.5. The first-order valence-electron chi connectivity index (χ1n) is 12.1. The van der Waals surface area contributed by atoms with Crippen LogP contribution in [0.4, 0.5) is 0 Å². The third-order valence-corrected chi connectivity index (χ3v) is 6.53. The van der Waals surface area contributed by atoms with E-state index in [1.807, 2.05) is 25.2 Å². The minimum absolute atomic E-state index is 0.120. The molecular weight excluding hydrogens is 520 g/mol. The molecule has 39 heavy (non-hydrogen) atoms. The number of ether oxygens (including phenoxy) is 4. The lowest BCUT2D eigenvalue weighted by molar-refractivity contribution is -0.715. The Balaban J connectivity index is 0.000000370. The first-order chi connectivity index (χ1) is 18.7. The normalized spacial score (nSPS) is 11.7. The quantitative estimate of drug-likeness (QED) is 0.270. The maximum atomic E-state index is 12.7. The summed E-state index contributed by atoms with van der Waals surface area (Å²) in [5, 5.41) is 12.4. The molecule has 0 bridgehead atoms. The first kappa shape index (κ1) is 31.1. The minimum Gasteiger partial charge on any atom is -0.545 e. The minimum atomic E-state index is -1.20. The standard InChI is InChI=1S/C21H27NO5.C8H7NO2S/c1-6-21(22-2,16-10-8-7-9-11-16)14-27-20(23)15-12-17(24-3)19(26-5)18(13-15)25-4;9-7(12)5-1-3-6(4-2-5)8(10)11/h7-13,22H,6,14H2,1-5H3;1-4H,(H2,9,12)(H,10,11). The Morgan fingerprint density at radius 2 is 1.44 bits per heavy atom. The number of rotatable bonds is 11. The van der Waals surface area contributed by atoms with Crippen LogP contribution in [0.1, 0.15) is 45.2 Å². The van der Waals surface area contributed by atoms with Gasteiger partial charge in [0, 0.05) is 17.5 Å². The molecule has 0 fully saturated rings. The molecule has 1 atom stereocenters. The van der Waals surface area contributed by atoms with E-state index < -0.39 is 11.9 Å². The molecular formula is C29H34N2O7S. The lowest BCUT2D eigenvalue weighted by atomic mass is 9.88. The number of quaternary nitrogens is 1. The molecule has 0 heterocycles. The number of carbonyl (C=O) groups excluding carboxylic acids is 2. The van der Waals surface area contributed by atoms with Gasteiger partial charge in [-0.2, -0.15) is 0 Å². The average molecular weight is 555 g/mol. The van der Waals surface area contributed by atoms with Gasteiger partial charge < -0.3 is 39.9 Å². The third kappa shape index (κ3) is 7.92. The fourth-order valence-corrected chi connectivity index (χ4v) is 4.00. The molecule has 10 heteroatoms. The molecule has 4 N–H and O–H groups in total. The number of likely N-dealkylation sites (N-methyl/N-ethyl adjacent to an activating group) is 1. The van der Waals surface area contributed by atoms with E-state index in [0.717, 1.165) is 12.0 Å². The molecule has 0 aliphatic heterocycles. The maximum absolute atomic E-state index is 12.7. The largest absolute Gasteiger partial charge is 0.545 e. The number of hydrogen-bond acceptors (Lipinski definition) is 8. The molecule has 0 spiro atoms. The Morgan fingerprint density at radius 3 is 1.85 bits per heavy atom. The highest BCUT2D eigenvalue weighted by Gasteiger charge is 2.34. The molecule has 0 aliphatic carbocycles. The molecule has 208 valence electrons. The van der Waals surface area contributed by atoms with Gasteiger partial charge in [0.15, 0.2) is 23.6 Å². The van der Waals surface area contributed by atoms with Crippen LogP contribution in [-0.2, 0) is 10.3 Å². The average Bonchev–Trinajstić information content (AvgIpc) is 2.97. The highest BCUT2D eigenvalue weighted by molar-refractivity contribution is 7.80. The van der Waals surface area contributed by atoms with Gasteiger partial charge in [-0.15, -0.1) is 0 Å². The number of thiocarbonyl (C=S) groups is 1. The van der Waals surface area contributed by atoms with Gasteiger partial charge in [-0.1, -0.05) is 73.7 Å². The van der Waals surface area contributed by atoms with Gasteiger partial charge in [0.2, 0.25) is 5.75 Å². The van der Waals surface area contributed by atoms with Gasteiger partial charge in [-0.05, 0) is 17.7 Å². The Labute approximate surface area is 233 Å². The van der Waals surface area contributed by atoms with Crippen LogP contribution in [0.15, 0.2) is 66.7 Å². The number of benzene rings is 3.